The summed E-state index contributed by atoms with van der Waals surface area (Å²) in [6.07, 6.45) is 7.71. The first-order valence-corrected chi connectivity index (χ1v) is 7.73. The number of rotatable bonds is 8. The molecule has 0 saturated heterocycles. The molecule has 5 nitrogen and oxygen atoms in total. The lowest BCUT2D eigenvalue weighted by atomic mass is 10.2. The van der Waals surface area contributed by atoms with Crippen molar-refractivity contribution in [3.05, 3.63) is 66.0 Å². The molecule has 0 aliphatic heterocycles. The van der Waals surface area contributed by atoms with Crippen molar-refractivity contribution in [2.75, 3.05) is 27.5 Å². The van der Waals surface area contributed by atoms with Gasteiger partial charge in [-0.2, -0.15) is 0 Å². The maximum Gasteiger partial charge on any atom is 0.246 e. The topological polar surface area (TPSA) is 51.7 Å². The van der Waals surface area contributed by atoms with Gasteiger partial charge < -0.3 is 14.4 Å². The van der Waals surface area contributed by atoms with E-state index in [4.69, 9.17) is 9.47 Å². The van der Waals surface area contributed by atoms with Crippen LogP contribution in [0.1, 0.15) is 11.1 Å². The van der Waals surface area contributed by atoms with Crippen molar-refractivity contribution in [1.82, 2.24) is 9.88 Å². The van der Waals surface area contributed by atoms with Crippen molar-refractivity contribution < 1.29 is 14.3 Å². The predicted molar refractivity (Wildman–Crippen MR) is 93.6 cm³/mol. The second-order valence-electron chi connectivity index (χ2n) is 5.32. The van der Waals surface area contributed by atoms with Gasteiger partial charge in [0.05, 0.1) is 0 Å². The molecule has 0 aliphatic rings. The maximum absolute atomic E-state index is 12.1. The van der Waals surface area contributed by atoms with Crippen LogP contribution in [-0.4, -0.2) is 43.3 Å². The van der Waals surface area contributed by atoms with E-state index in [0.717, 1.165) is 17.7 Å². The van der Waals surface area contributed by atoms with E-state index in [1.165, 1.54) is 5.56 Å². The lowest BCUT2D eigenvalue weighted by molar-refractivity contribution is -0.124. The van der Waals surface area contributed by atoms with Gasteiger partial charge in [0, 0.05) is 39.2 Å². The molecule has 0 fully saturated rings. The van der Waals surface area contributed by atoms with Crippen molar-refractivity contribution in [1.29, 1.82) is 0 Å². The van der Waals surface area contributed by atoms with Gasteiger partial charge in [0.2, 0.25) is 5.91 Å². The monoisotopic (exact) mass is 326 g/mol. The van der Waals surface area contributed by atoms with E-state index in [2.05, 4.69) is 4.98 Å². The Labute approximate surface area is 142 Å². The van der Waals surface area contributed by atoms with Crippen LogP contribution in [-0.2, 0) is 16.0 Å². The van der Waals surface area contributed by atoms with Gasteiger partial charge in [0.1, 0.15) is 5.75 Å². The highest BCUT2D eigenvalue weighted by atomic mass is 16.7. The van der Waals surface area contributed by atoms with Crippen molar-refractivity contribution in [3.8, 4) is 5.75 Å². The predicted octanol–water partition coefficient (Wildman–Crippen LogP) is 2.78. The Hall–Kier alpha value is -2.66. The summed E-state index contributed by atoms with van der Waals surface area (Å²) >= 11 is 0. The number of ether oxygens (including phenoxy) is 2. The molecule has 0 N–H and O–H groups in total. The molecule has 0 radical (unpaired) electrons. The number of likely N-dealkylation sites (N-methyl/N-ethyl adjacent to an activating group) is 1. The van der Waals surface area contributed by atoms with Crippen LogP contribution in [0, 0.1) is 0 Å². The van der Waals surface area contributed by atoms with Crippen LogP contribution in [0.3, 0.4) is 0 Å². The average molecular weight is 326 g/mol. The summed E-state index contributed by atoms with van der Waals surface area (Å²) in [5, 5.41) is 0. The summed E-state index contributed by atoms with van der Waals surface area (Å²) in [5.41, 5.74) is 2.11. The van der Waals surface area contributed by atoms with Gasteiger partial charge in [-0.25, -0.2) is 0 Å². The fourth-order valence-electron chi connectivity index (χ4n) is 2.05. The van der Waals surface area contributed by atoms with E-state index in [-0.39, 0.29) is 12.7 Å². The molecule has 0 bridgehead atoms. The zero-order valence-electron chi connectivity index (χ0n) is 14.0. The number of amides is 1. The highest BCUT2D eigenvalue weighted by molar-refractivity contribution is 5.91. The first-order valence-electron chi connectivity index (χ1n) is 7.73. The molecule has 126 valence electrons. The van der Waals surface area contributed by atoms with E-state index in [9.17, 15) is 4.79 Å². The van der Waals surface area contributed by atoms with E-state index in [1.807, 2.05) is 36.4 Å². The molecule has 0 atom stereocenters. The highest BCUT2D eigenvalue weighted by Gasteiger charge is 2.05. The van der Waals surface area contributed by atoms with Crippen LogP contribution in [0.25, 0.3) is 6.08 Å². The zero-order valence-corrected chi connectivity index (χ0v) is 14.0. The number of benzene rings is 1. The van der Waals surface area contributed by atoms with Crippen molar-refractivity contribution in [2.24, 2.45) is 0 Å². The number of hydrogen-bond donors (Lipinski definition) is 0. The molecule has 0 saturated carbocycles. The second-order valence-corrected chi connectivity index (χ2v) is 5.32. The van der Waals surface area contributed by atoms with Crippen LogP contribution in [0.2, 0.25) is 0 Å². The second kappa shape index (κ2) is 9.47. The third kappa shape index (κ3) is 5.85. The van der Waals surface area contributed by atoms with Gasteiger partial charge in [0.25, 0.3) is 0 Å². The number of carbonyl (C=O) groups is 1. The normalized spacial score (nSPS) is 10.8. The number of pyridine rings is 1. The molecular formula is C19H22N2O3. The Morgan fingerprint density at radius 2 is 1.88 bits per heavy atom. The molecule has 2 aromatic rings. The van der Waals surface area contributed by atoms with Gasteiger partial charge in [0.15, 0.2) is 6.79 Å². The Morgan fingerprint density at radius 1 is 1.17 bits per heavy atom. The maximum atomic E-state index is 12.1. The van der Waals surface area contributed by atoms with E-state index < -0.39 is 0 Å². The fraction of sp³-hybridized carbons (Fsp3) is 0.263. The number of hydrogen-bond acceptors (Lipinski definition) is 4. The molecule has 1 aromatic carbocycles. The van der Waals surface area contributed by atoms with Crippen LogP contribution >= 0.6 is 0 Å². The first-order chi connectivity index (χ1) is 11.7. The number of aromatic nitrogens is 1. The summed E-state index contributed by atoms with van der Waals surface area (Å²) in [4.78, 5) is 17.8. The molecule has 5 heteroatoms. The van der Waals surface area contributed by atoms with Crippen molar-refractivity contribution in [2.45, 2.75) is 6.42 Å². The molecule has 1 amide bonds. The van der Waals surface area contributed by atoms with E-state index in [1.54, 1.807) is 43.6 Å². The minimum absolute atomic E-state index is 0.0243. The van der Waals surface area contributed by atoms with Gasteiger partial charge in [-0.3, -0.25) is 9.78 Å². The lowest BCUT2D eigenvalue weighted by Crippen LogP contribution is -2.27. The van der Waals surface area contributed by atoms with Gasteiger partial charge in [-0.1, -0.05) is 12.1 Å². The van der Waals surface area contributed by atoms with Gasteiger partial charge in [-0.05, 0) is 47.9 Å². The van der Waals surface area contributed by atoms with Gasteiger partial charge >= 0.3 is 0 Å². The van der Waals surface area contributed by atoms with E-state index >= 15 is 0 Å². The fourth-order valence-corrected chi connectivity index (χ4v) is 2.05. The molecule has 24 heavy (non-hydrogen) atoms. The minimum Gasteiger partial charge on any atom is -0.468 e. The molecule has 1 heterocycles. The van der Waals surface area contributed by atoms with Crippen molar-refractivity contribution >= 4 is 12.0 Å². The molecule has 0 spiro atoms. The van der Waals surface area contributed by atoms with E-state index in [0.29, 0.717) is 6.54 Å². The van der Waals surface area contributed by atoms with Crippen LogP contribution in [0.4, 0.5) is 0 Å². The summed E-state index contributed by atoms with van der Waals surface area (Å²) < 4.78 is 10.2. The number of methoxy groups -OCH3 is 1. The third-order valence-electron chi connectivity index (χ3n) is 3.50. The Bertz CT molecular complexity index is 654. The first kappa shape index (κ1) is 17.7. The SMILES string of the molecule is COCOc1ccc(/C=C/C(=O)N(C)CCc2ccncc2)cc1. The quantitative estimate of drug-likeness (QED) is 0.553. The lowest BCUT2D eigenvalue weighted by Gasteiger charge is -2.14. The summed E-state index contributed by atoms with van der Waals surface area (Å²) in [6.45, 7) is 0.882. The minimum atomic E-state index is -0.0243. The third-order valence-corrected chi connectivity index (χ3v) is 3.50. The standard InChI is InChI=1S/C19H22N2O3/c1-21(14-11-17-9-12-20-13-10-17)19(22)8-5-16-3-6-18(7-4-16)24-15-23-2/h3-10,12-13H,11,14-15H2,1-2H3/b8-5+. The smallest absolute Gasteiger partial charge is 0.246 e. The average Bonchev–Trinajstić information content (AvgIpc) is 2.64. The van der Waals surface area contributed by atoms with Crippen LogP contribution in [0.15, 0.2) is 54.9 Å². The van der Waals surface area contributed by atoms with Crippen LogP contribution in [0.5, 0.6) is 5.75 Å². The summed E-state index contributed by atoms with van der Waals surface area (Å²) in [5.74, 6) is 0.707. The Balaban J connectivity index is 1.82. The van der Waals surface area contributed by atoms with Crippen LogP contribution < -0.4 is 4.74 Å². The van der Waals surface area contributed by atoms with Crippen molar-refractivity contribution in [3.63, 3.8) is 0 Å². The molecule has 1 aromatic heterocycles. The largest absolute Gasteiger partial charge is 0.468 e. The molecule has 0 aliphatic carbocycles. The number of nitrogens with zero attached hydrogens (tertiary/aromatic N) is 2. The van der Waals surface area contributed by atoms with Gasteiger partial charge in [-0.15, -0.1) is 0 Å². The number of carbonyl (C=O) groups excluding carboxylic acids is 1. The zero-order chi connectivity index (χ0) is 17.2. The Kier molecular flexibility index (Phi) is 6.98. The molecule has 2 rings (SSSR count). The summed E-state index contributed by atoms with van der Waals surface area (Å²) in [6, 6.07) is 11.4. The Morgan fingerprint density at radius 3 is 2.54 bits per heavy atom. The molecule has 0 unspecified atom stereocenters. The molecular weight excluding hydrogens is 304 g/mol. The summed E-state index contributed by atoms with van der Waals surface area (Å²) in [7, 11) is 3.38. The highest BCUT2D eigenvalue weighted by Crippen LogP contribution is 2.13.